The number of rotatable bonds is 1. The Balaban J connectivity index is 2.92. The SMILES string of the molecule is CN([O-])c1ccc(C(C)(C)C)[nH]1. The molecular formula is C9H15N2O-. The number of aromatic nitrogens is 1. The molecule has 0 saturated heterocycles. The monoisotopic (exact) mass is 167 g/mol. The van der Waals surface area contributed by atoms with Crippen molar-refractivity contribution in [3.05, 3.63) is 23.0 Å². The number of H-pyrrole nitrogens is 1. The van der Waals surface area contributed by atoms with Crippen LogP contribution in [0.5, 0.6) is 0 Å². The molecule has 0 atom stereocenters. The first-order valence-corrected chi connectivity index (χ1v) is 4.01. The van der Waals surface area contributed by atoms with Crippen LogP contribution in [0, 0.1) is 5.21 Å². The first-order valence-electron chi connectivity index (χ1n) is 4.01. The molecule has 3 heteroatoms. The van der Waals surface area contributed by atoms with Gasteiger partial charge in [-0.05, 0) is 19.2 Å². The summed E-state index contributed by atoms with van der Waals surface area (Å²) in [5.74, 6) is 0.611. The van der Waals surface area contributed by atoms with Crippen molar-refractivity contribution in [3.8, 4) is 0 Å². The molecule has 0 fully saturated rings. The Morgan fingerprint density at radius 1 is 1.33 bits per heavy atom. The fourth-order valence-electron chi connectivity index (χ4n) is 1.00. The molecule has 0 spiro atoms. The van der Waals surface area contributed by atoms with Gasteiger partial charge in [0, 0.05) is 11.1 Å². The summed E-state index contributed by atoms with van der Waals surface area (Å²) in [6, 6.07) is 3.75. The number of hydrogen-bond acceptors (Lipinski definition) is 2. The molecule has 0 bridgehead atoms. The van der Waals surface area contributed by atoms with Crippen molar-refractivity contribution in [1.82, 2.24) is 4.98 Å². The van der Waals surface area contributed by atoms with E-state index in [1.165, 1.54) is 7.05 Å². The molecule has 3 nitrogen and oxygen atoms in total. The van der Waals surface area contributed by atoms with Crippen molar-refractivity contribution < 1.29 is 0 Å². The molecule has 0 aromatic carbocycles. The van der Waals surface area contributed by atoms with E-state index in [0.717, 1.165) is 10.8 Å². The second kappa shape index (κ2) is 2.83. The van der Waals surface area contributed by atoms with Gasteiger partial charge in [0.15, 0.2) is 0 Å². The van der Waals surface area contributed by atoms with E-state index in [0.29, 0.717) is 5.82 Å². The van der Waals surface area contributed by atoms with Crippen LogP contribution >= 0.6 is 0 Å². The third kappa shape index (κ3) is 1.80. The van der Waals surface area contributed by atoms with Crippen molar-refractivity contribution in [3.63, 3.8) is 0 Å². The Morgan fingerprint density at radius 2 is 1.92 bits per heavy atom. The molecule has 0 saturated carbocycles. The van der Waals surface area contributed by atoms with Gasteiger partial charge in [0.1, 0.15) is 0 Å². The van der Waals surface area contributed by atoms with Crippen LogP contribution in [-0.2, 0) is 5.41 Å². The van der Waals surface area contributed by atoms with Gasteiger partial charge in [0.05, 0.1) is 5.82 Å². The molecule has 0 aliphatic carbocycles. The summed E-state index contributed by atoms with van der Waals surface area (Å²) in [5.41, 5.74) is 1.16. The lowest BCUT2D eigenvalue weighted by atomic mass is 9.93. The molecular weight excluding hydrogens is 152 g/mol. The highest BCUT2D eigenvalue weighted by Gasteiger charge is 2.14. The zero-order valence-electron chi connectivity index (χ0n) is 8.01. The molecule has 0 amide bonds. The van der Waals surface area contributed by atoms with Gasteiger partial charge in [0.2, 0.25) is 0 Å². The van der Waals surface area contributed by atoms with Gasteiger partial charge in [-0.3, -0.25) is 0 Å². The van der Waals surface area contributed by atoms with E-state index in [2.05, 4.69) is 25.8 Å². The summed E-state index contributed by atoms with van der Waals surface area (Å²) >= 11 is 0. The number of aromatic amines is 1. The topological polar surface area (TPSA) is 42.1 Å². The van der Waals surface area contributed by atoms with Crippen LogP contribution in [0.2, 0.25) is 0 Å². The number of nitrogens with one attached hydrogen (secondary N) is 1. The quantitative estimate of drug-likeness (QED) is 0.652. The maximum absolute atomic E-state index is 10.9. The molecule has 0 aliphatic rings. The zero-order chi connectivity index (χ0) is 9.35. The predicted molar refractivity (Wildman–Crippen MR) is 51.3 cm³/mol. The van der Waals surface area contributed by atoms with Crippen molar-refractivity contribution in [2.24, 2.45) is 0 Å². The third-order valence-corrected chi connectivity index (χ3v) is 1.82. The Kier molecular flexibility index (Phi) is 2.15. The highest BCUT2D eigenvalue weighted by molar-refractivity contribution is 5.42. The first kappa shape index (κ1) is 9.13. The smallest absolute Gasteiger partial charge is 0.0945 e. The summed E-state index contributed by atoms with van der Waals surface area (Å²) in [4.78, 5) is 3.07. The molecule has 0 unspecified atom stereocenters. The minimum absolute atomic E-state index is 0.0776. The van der Waals surface area contributed by atoms with E-state index in [-0.39, 0.29) is 5.41 Å². The van der Waals surface area contributed by atoms with Crippen LogP contribution in [0.4, 0.5) is 5.82 Å². The number of anilines is 1. The molecule has 1 N–H and O–H groups in total. The molecule has 12 heavy (non-hydrogen) atoms. The van der Waals surface area contributed by atoms with Gasteiger partial charge in [-0.2, -0.15) is 0 Å². The number of hydrogen-bond donors (Lipinski definition) is 1. The summed E-state index contributed by atoms with van der Waals surface area (Å²) < 4.78 is 0. The van der Waals surface area contributed by atoms with Gasteiger partial charge < -0.3 is 15.3 Å². The summed E-state index contributed by atoms with van der Waals surface area (Å²) in [6.07, 6.45) is 0. The standard InChI is InChI=1S/C9H15N2O/c1-9(2,3)7-5-6-8(10-7)11(4)12/h5-6,10H,1-4H3/q-1. The minimum atomic E-state index is 0.0776. The third-order valence-electron chi connectivity index (χ3n) is 1.82. The van der Waals surface area contributed by atoms with E-state index >= 15 is 0 Å². The summed E-state index contributed by atoms with van der Waals surface area (Å²) in [6.45, 7) is 6.31. The number of hydroxylamine groups is 1. The van der Waals surface area contributed by atoms with Crippen LogP contribution in [0.25, 0.3) is 0 Å². The Morgan fingerprint density at radius 3 is 2.17 bits per heavy atom. The predicted octanol–water partition coefficient (Wildman–Crippen LogP) is 2.25. The summed E-state index contributed by atoms with van der Waals surface area (Å²) in [7, 11) is 1.48. The van der Waals surface area contributed by atoms with Gasteiger partial charge in [-0.25, -0.2) is 0 Å². The second-order valence-electron chi connectivity index (χ2n) is 4.00. The fourth-order valence-corrected chi connectivity index (χ4v) is 1.00. The van der Waals surface area contributed by atoms with Gasteiger partial charge in [0.25, 0.3) is 0 Å². The van der Waals surface area contributed by atoms with Crippen LogP contribution < -0.4 is 5.06 Å². The van der Waals surface area contributed by atoms with Crippen LogP contribution in [-0.4, -0.2) is 12.0 Å². The maximum atomic E-state index is 10.9. The highest BCUT2D eigenvalue weighted by Crippen LogP contribution is 2.23. The fraction of sp³-hybridized carbons (Fsp3) is 0.556. The van der Waals surface area contributed by atoms with E-state index in [1.54, 1.807) is 6.07 Å². The van der Waals surface area contributed by atoms with E-state index in [1.807, 2.05) is 6.07 Å². The average Bonchev–Trinajstić information content (AvgIpc) is 2.30. The number of nitrogens with zero attached hydrogens (tertiary/aromatic N) is 1. The lowest BCUT2D eigenvalue weighted by Crippen LogP contribution is -2.12. The van der Waals surface area contributed by atoms with E-state index < -0.39 is 0 Å². The van der Waals surface area contributed by atoms with Gasteiger partial charge in [-0.15, -0.1) is 0 Å². The molecule has 1 heterocycles. The minimum Gasteiger partial charge on any atom is -0.757 e. The molecule has 1 aromatic rings. The van der Waals surface area contributed by atoms with Crippen LogP contribution in [0.3, 0.4) is 0 Å². The second-order valence-corrected chi connectivity index (χ2v) is 4.00. The largest absolute Gasteiger partial charge is 0.757 e. The van der Waals surface area contributed by atoms with E-state index in [4.69, 9.17) is 0 Å². The Bertz CT molecular complexity index is 258. The zero-order valence-corrected chi connectivity index (χ0v) is 8.01. The molecule has 1 aromatic heterocycles. The maximum Gasteiger partial charge on any atom is 0.0945 e. The van der Waals surface area contributed by atoms with Crippen LogP contribution in [0.1, 0.15) is 26.5 Å². The molecule has 1 rings (SSSR count). The first-order chi connectivity index (χ1) is 5.41. The van der Waals surface area contributed by atoms with Crippen molar-refractivity contribution in [2.75, 3.05) is 12.1 Å². The lowest BCUT2D eigenvalue weighted by Gasteiger charge is -2.23. The van der Waals surface area contributed by atoms with Crippen molar-refractivity contribution in [1.29, 1.82) is 0 Å². The lowest BCUT2D eigenvalue weighted by molar-refractivity contribution is 0.573. The van der Waals surface area contributed by atoms with Gasteiger partial charge in [-0.1, -0.05) is 20.8 Å². The Hall–Kier alpha value is -0.960. The van der Waals surface area contributed by atoms with Crippen LogP contribution in [0.15, 0.2) is 12.1 Å². The van der Waals surface area contributed by atoms with Crippen molar-refractivity contribution >= 4 is 5.82 Å². The average molecular weight is 167 g/mol. The highest BCUT2D eigenvalue weighted by atomic mass is 16.5. The molecule has 68 valence electrons. The molecule has 0 radical (unpaired) electrons. The Labute approximate surface area is 73.0 Å². The van der Waals surface area contributed by atoms with Gasteiger partial charge >= 0.3 is 0 Å². The van der Waals surface area contributed by atoms with Crippen molar-refractivity contribution in [2.45, 2.75) is 26.2 Å². The molecule has 0 aliphatic heterocycles. The van der Waals surface area contributed by atoms with E-state index in [9.17, 15) is 5.21 Å². The normalized spacial score (nSPS) is 11.8. The summed E-state index contributed by atoms with van der Waals surface area (Å²) in [5, 5.41) is 11.7.